The van der Waals surface area contributed by atoms with Crippen molar-refractivity contribution in [1.82, 2.24) is 34.4 Å². The Morgan fingerprint density at radius 1 is 1.15 bits per heavy atom. The molecule has 12 nitrogen and oxygen atoms in total. The molecule has 0 bridgehead atoms. The lowest BCUT2D eigenvalue weighted by Crippen LogP contribution is -2.63. The molecule has 1 aliphatic rings. The van der Waals surface area contributed by atoms with Crippen molar-refractivity contribution in [2.24, 2.45) is 0 Å². The smallest absolute Gasteiger partial charge is 0.255 e. The van der Waals surface area contributed by atoms with Gasteiger partial charge in [-0.15, -0.1) is 5.10 Å². The highest BCUT2D eigenvalue weighted by Crippen LogP contribution is 2.26. The van der Waals surface area contributed by atoms with Crippen LogP contribution in [0, 0.1) is 11.6 Å². The van der Waals surface area contributed by atoms with Crippen LogP contribution < -0.4 is 10.1 Å². The molecule has 4 aromatic rings. The number of hydrogen-bond acceptors (Lipinski definition) is 9. The number of nitrogens with zero attached hydrogens (tertiary/aromatic N) is 7. The standard InChI is InChI=1S/C27H28F2N8O4/c1-16(25(39)33-21-11-31-24(12-30-21)41-20-6-5-18(28)10-19(20)29)35-8-9-36(27(2,3)15-35)26(40)17-4-7-23-32-22(14-38)34-37(23)13-17/h4-7,10-13,16,38H,8-9,14-15H2,1-3H3,(H,30,33,39)/t16-/m0/s1. The van der Waals surface area contributed by atoms with E-state index in [1.54, 1.807) is 30.2 Å². The lowest BCUT2D eigenvalue weighted by molar-refractivity contribution is -0.122. The summed E-state index contributed by atoms with van der Waals surface area (Å²) in [6.07, 6.45) is 4.09. The van der Waals surface area contributed by atoms with E-state index in [0.717, 1.165) is 12.1 Å². The number of benzene rings is 1. The Bertz CT molecular complexity index is 1590. The second-order valence-corrected chi connectivity index (χ2v) is 10.2. The van der Waals surface area contributed by atoms with E-state index in [-0.39, 0.29) is 41.7 Å². The van der Waals surface area contributed by atoms with E-state index in [0.29, 0.717) is 36.9 Å². The summed E-state index contributed by atoms with van der Waals surface area (Å²) in [6.45, 7) is 6.65. The molecule has 1 saturated heterocycles. The van der Waals surface area contributed by atoms with Crippen LogP contribution in [0.3, 0.4) is 0 Å². The van der Waals surface area contributed by atoms with Crippen LogP contribution in [0.2, 0.25) is 0 Å². The number of aliphatic hydroxyl groups is 1. The molecule has 214 valence electrons. The second-order valence-electron chi connectivity index (χ2n) is 10.2. The highest BCUT2D eigenvalue weighted by molar-refractivity contribution is 5.95. The first-order valence-corrected chi connectivity index (χ1v) is 12.8. The lowest BCUT2D eigenvalue weighted by atomic mass is 9.96. The second kappa shape index (κ2) is 11.1. The fourth-order valence-corrected chi connectivity index (χ4v) is 4.68. The van der Waals surface area contributed by atoms with Crippen LogP contribution in [0.25, 0.3) is 5.65 Å². The summed E-state index contributed by atoms with van der Waals surface area (Å²) in [7, 11) is 0. The number of amides is 2. The van der Waals surface area contributed by atoms with Gasteiger partial charge in [-0.2, -0.15) is 0 Å². The minimum atomic E-state index is -0.879. The number of carbonyl (C=O) groups is 2. The van der Waals surface area contributed by atoms with Gasteiger partial charge < -0.3 is 20.1 Å². The normalized spacial score (nSPS) is 16.0. The van der Waals surface area contributed by atoms with Crippen molar-refractivity contribution >= 4 is 23.3 Å². The van der Waals surface area contributed by atoms with E-state index in [1.165, 1.54) is 16.9 Å². The van der Waals surface area contributed by atoms with Gasteiger partial charge in [0.1, 0.15) is 12.4 Å². The van der Waals surface area contributed by atoms with Crippen molar-refractivity contribution in [2.75, 3.05) is 25.0 Å². The molecule has 41 heavy (non-hydrogen) atoms. The van der Waals surface area contributed by atoms with Crippen molar-refractivity contribution in [3.63, 3.8) is 0 Å². The Balaban J connectivity index is 1.19. The minimum Gasteiger partial charge on any atom is -0.434 e. The molecule has 1 aliphatic heterocycles. The van der Waals surface area contributed by atoms with Crippen molar-refractivity contribution in [2.45, 2.75) is 39.0 Å². The first-order chi connectivity index (χ1) is 19.5. The zero-order valence-corrected chi connectivity index (χ0v) is 22.6. The predicted molar refractivity (Wildman–Crippen MR) is 142 cm³/mol. The maximum absolute atomic E-state index is 13.8. The van der Waals surface area contributed by atoms with Gasteiger partial charge in [-0.25, -0.2) is 28.2 Å². The van der Waals surface area contributed by atoms with Gasteiger partial charge in [0.2, 0.25) is 11.8 Å². The van der Waals surface area contributed by atoms with Gasteiger partial charge in [0.25, 0.3) is 5.91 Å². The molecule has 14 heteroatoms. The van der Waals surface area contributed by atoms with Crippen LogP contribution >= 0.6 is 0 Å². The van der Waals surface area contributed by atoms with Gasteiger partial charge in [0.05, 0.1) is 29.5 Å². The number of aliphatic hydroxyl groups excluding tert-OH is 1. The molecular formula is C27H28F2N8O4. The summed E-state index contributed by atoms with van der Waals surface area (Å²) >= 11 is 0. The summed E-state index contributed by atoms with van der Waals surface area (Å²) in [5.74, 6) is -1.89. The van der Waals surface area contributed by atoms with Gasteiger partial charge in [-0.1, -0.05) is 0 Å². The van der Waals surface area contributed by atoms with Crippen molar-refractivity contribution in [3.05, 3.63) is 71.9 Å². The fourth-order valence-electron chi connectivity index (χ4n) is 4.68. The van der Waals surface area contributed by atoms with Crippen LogP contribution in [-0.2, 0) is 11.4 Å². The number of piperazine rings is 1. The highest BCUT2D eigenvalue weighted by atomic mass is 19.1. The highest BCUT2D eigenvalue weighted by Gasteiger charge is 2.39. The number of ether oxygens (including phenoxy) is 1. The molecule has 2 amide bonds. The Morgan fingerprint density at radius 2 is 1.95 bits per heavy atom. The summed E-state index contributed by atoms with van der Waals surface area (Å²) < 4.78 is 33.7. The summed E-state index contributed by atoms with van der Waals surface area (Å²) in [5.41, 5.74) is 0.377. The molecule has 1 aromatic carbocycles. The first-order valence-electron chi connectivity index (χ1n) is 12.8. The van der Waals surface area contributed by atoms with Crippen LogP contribution in [-0.4, -0.2) is 82.5 Å². The van der Waals surface area contributed by atoms with Gasteiger partial charge in [-0.05, 0) is 45.0 Å². The van der Waals surface area contributed by atoms with Crippen LogP contribution in [0.4, 0.5) is 14.6 Å². The number of carbonyl (C=O) groups excluding carboxylic acids is 2. The number of halogens is 2. The van der Waals surface area contributed by atoms with E-state index in [2.05, 4.69) is 25.4 Å². The number of fused-ring (bicyclic) bond motifs is 1. The largest absolute Gasteiger partial charge is 0.434 e. The maximum Gasteiger partial charge on any atom is 0.255 e. The molecule has 2 N–H and O–H groups in total. The third-order valence-electron chi connectivity index (χ3n) is 6.85. The van der Waals surface area contributed by atoms with Crippen molar-refractivity contribution < 1.29 is 28.2 Å². The molecular weight excluding hydrogens is 538 g/mol. The molecule has 0 saturated carbocycles. The first kappa shape index (κ1) is 28.0. The summed E-state index contributed by atoms with van der Waals surface area (Å²) in [5, 5.41) is 16.2. The van der Waals surface area contributed by atoms with Gasteiger partial charge >= 0.3 is 0 Å². The number of pyridine rings is 1. The molecule has 3 aromatic heterocycles. The molecule has 5 rings (SSSR count). The maximum atomic E-state index is 13.8. The SMILES string of the molecule is C[C@@H](C(=O)Nc1cnc(Oc2ccc(F)cc2F)cn1)N1CCN(C(=O)c2ccc3nc(CO)nn3c2)C(C)(C)C1. The number of aromatic nitrogens is 5. The Labute approximate surface area is 233 Å². The number of hydrogen-bond donors (Lipinski definition) is 2. The topological polar surface area (TPSA) is 138 Å². The third-order valence-corrected chi connectivity index (χ3v) is 6.85. The zero-order valence-electron chi connectivity index (χ0n) is 22.6. The van der Waals surface area contributed by atoms with E-state index in [9.17, 15) is 23.5 Å². The van der Waals surface area contributed by atoms with E-state index in [1.807, 2.05) is 18.7 Å². The van der Waals surface area contributed by atoms with Crippen molar-refractivity contribution in [3.8, 4) is 11.6 Å². The molecule has 0 spiro atoms. The molecule has 0 unspecified atom stereocenters. The fraction of sp³-hybridized carbons (Fsp3) is 0.333. The summed E-state index contributed by atoms with van der Waals surface area (Å²) in [4.78, 5) is 42.5. The molecule has 0 aliphatic carbocycles. The van der Waals surface area contributed by atoms with Gasteiger partial charge in [0, 0.05) is 31.9 Å². The van der Waals surface area contributed by atoms with E-state index in [4.69, 9.17) is 4.74 Å². The lowest BCUT2D eigenvalue weighted by Gasteiger charge is -2.48. The van der Waals surface area contributed by atoms with Crippen LogP contribution in [0.5, 0.6) is 11.6 Å². The monoisotopic (exact) mass is 566 g/mol. The van der Waals surface area contributed by atoms with Crippen LogP contribution in [0.15, 0.2) is 48.9 Å². The van der Waals surface area contributed by atoms with E-state index >= 15 is 0 Å². The number of anilines is 1. The average molecular weight is 567 g/mol. The average Bonchev–Trinajstić information content (AvgIpc) is 3.37. The molecule has 0 radical (unpaired) electrons. The van der Waals surface area contributed by atoms with Crippen molar-refractivity contribution in [1.29, 1.82) is 0 Å². The van der Waals surface area contributed by atoms with Gasteiger partial charge in [-0.3, -0.25) is 14.5 Å². The third kappa shape index (κ3) is 5.98. The zero-order chi connectivity index (χ0) is 29.3. The molecule has 4 heterocycles. The van der Waals surface area contributed by atoms with Gasteiger partial charge in [0.15, 0.2) is 28.9 Å². The minimum absolute atomic E-state index is 0.0269. The van der Waals surface area contributed by atoms with Crippen LogP contribution in [0.1, 0.15) is 37.0 Å². The number of rotatable bonds is 7. The quantitative estimate of drug-likeness (QED) is 0.346. The Kier molecular flexibility index (Phi) is 7.60. The molecule has 1 fully saturated rings. The number of nitrogens with one attached hydrogen (secondary N) is 1. The van der Waals surface area contributed by atoms with E-state index < -0.39 is 23.2 Å². The predicted octanol–water partition coefficient (Wildman–Crippen LogP) is 2.65. The Morgan fingerprint density at radius 3 is 2.63 bits per heavy atom. The Hall–Kier alpha value is -4.56. The summed E-state index contributed by atoms with van der Waals surface area (Å²) in [6, 6.07) is 5.71. The molecule has 1 atom stereocenters.